The van der Waals surface area contributed by atoms with Gasteiger partial charge in [-0.25, -0.2) is 4.79 Å². The Kier molecular flexibility index (Phi) is 6.48. The number of nitrogens with one attached hydrogen (secondary N) is 3. The van der Waals surface area contributed by atoms with Gasteiger partial charge in [0, 0.05) is 31.3 Å². The minimum absolute atomic E-state index is 0.0163. The van der Waals surface area contributed by atoms with Crippen LogP contribution in [0, 0.1) is 0 Å². The van der Waals surface area contributed by atoms with Crippen molar-refractivity contribution in [3.63, 3.8) is 0 Å². The van der Waals surface area contributed by atoms with E-state index in [0.717, 1.165) is 5.75 Å². The van der Waals surface area contributed by atoms with Gasteiger partial charge in [0.15, 0.2) is 0 Å². The minimum atomic E-state index is -0.327. The summed E-state index contributed by atoms with van der Waals surface area (Å²) in [4.78, 5) is 37.1. The van der Waals surface area contributed by atoms with E-state index in [1.54, 1.807) is 29.2 Å². The van der Waals surface area contributed by atoms with Gasteiger partial charge in [-0.2, -0.15) is 0 Å². The van der Waals surface area contributed by atoms with Crippen LogP contribution in [0.2, 0.25) is 0 Å². The zero-order valence-corrected chi connectivity index (χ0v) is 14.6. The summed E-state index contributed by atoms with van der Waals surface area (Å²) in [5.41, 5.74) is 1.06. The number of carbonyl (C=O) groups is 3. The first kappa shape index (κ1) is 18.1. The molecular formula is C16H22N4O3S. The van der Waals surface area contributed by atoms with E-state index in [2.05, 4.69) is 16.0 Å². The number of rotatable bonds is 6. The van der Waals surface area contributed by atoms with Gasteiger partial charge < -0.3 is 20.9 Å². The van der Waals surface area contributed by atoms with E-state index in [9.17, 15) is 14.4 Å². The molecule has 0 aromatic heterocycles. The number of thioether (sulfide) groups is 1. The maximum atomic E-state index is 12.1. The van der Waals surface area contributed by atoms with E-state index in [4.69, 9.17) is 0 Å². The van der Waals surface area contributed by atoms with Gasteiger partial charge in [0.1, 0.15) is 0 Å². The monoisotopic (exact) mass is 350 g/mol. The fourth-order valence-corrected chi connectivity index (χ4v) is 3.05. The molecule has 8 heteroatoms. The summed E-state index contributed by atoms with van der Waals surface area (Å²) < 4.78 is 0. The van der Waals surface area contributed by atoms with Crippen molar-refractivity contribution >= 4 is 40.3 Å². The highest BCUT2D eigenvalue weighted by molar-refractivity contribution is 8.13. The Labute approximate surface area is 145 Å². The number of hydrogen-bond acceptors (Lipinski definition) is 4. The molecule has 0 unspecified atom stereocenters. The van der Waals surface area contributed by atoms with Gasteiger partial charge in [-0.15, -0.1) is 0 Å². The van der Waals surface area contributed by atoms with Gasteiger partial charge in [-0.3, -0.25) is 9.59 Å². The average molecular weight is 350 g/mol. The molecule has 1 saturated heterocycles. The summed E-state index contributed by atoms with van der Waals surface area (Å²) in [6.07, 6.45) is 0.221. The van der Waals surface area contributed by atoms with E-state index in [1.807, 2.05) is 13.8 Å². The number of anilines is 2. The smallest absolute Gasteiger partial charge is 0.319 e. The maximum Gasteiger partial charge on any atom is 0.319 e. The third-order valence-corrected chi connectivity index (χ3v) is 4.21. The second-order valence-corrected chi connectivity index (χ2v) is 6.74. The Balaban J connectivity index is 1.90. The van der Waals surface area contributed by atoms with Crippen molar-refractivity contribution < 1.29 is 14.4 Å². The van der Waals surface area contributed by atoms with Crippen LogP contribution in [-0.4, -0.2) is 47.0 Å². The van der Waals surface area contributed by atoms with Gasteiger partial charge in [-0.1, -0.05) is 23.9 Å². The van der Waals surface area contributed by atoms with Gasteiger partial charge >= 0.3 is 6.03 Å². The molecule has 7 nitrogen and oxygen atoms in total. The third kappa shape index (κ3) is 5.45. The number of benzene rings is 1. The molecule has 24 heavy (non-hydrogen) atoms. The molecule has 1 aliphatic rings. The molecule has 4 amide bonds. The highest BCUT2D eigenvalue weighted by atomic mass is 32.2. The number of hydrogen-bond donors (Lipinski definition) is 3. The molecule has 1 aromatic rings. The number of urea groups is 1. The summed E-state index contributed by atoms with van der Waals surface area (Å²) in [6.45, 7) is 4.82. The Morgan fingerprint density at radius 3 is 2.46 bits per heavy atom. The van der Waals surface area contributed by atoms with E-state index < -0.39 is 0 Å². The van der Waals surface area contributed by atoms with E-state index in [0.29, 0.717) is 24.5 Å². The predicted molar refractivity (Wildman–Crippen MR) is 96.4 cm³/mol. The van der Waals surface area contributed by atoms with Gasteiger partial charge in [-0.05, 0) is 26.0 Å². The lowest BCUT2D eigenvalue weighted by atomic mass is 10.2. The third-order valence-electron chi connectivity index (χ3n) is 3.32. The van der Waals surface area contributed by atoms with Crippen molar-refractivity contribution in [1.82, 2.24) is 10.2 Å². The van der Waals surface area contributed by atoms with Gasteiger partial charge in [0.25, 0.3) is 5.24 Å². The van der Waals surface area contributed by atoms with Crippen LogP contribution in [0.15, 0.2) is 24.3 Å². The molecule has 2 rings (SSSR count). The van der Waals surface area contributed by atoms with Crippen LogP contribution in [0.25, 0.3) is 0 Å². The second kappa shape index (κ2) is 8.58. The lowest BCUT2D eigenvalue weighted by molar-refractivity contribution is -0.116. The van der Waals surface area contributed by atoms with Crippen molar-refractivity contribution in [1.29, 1.82) is 0 Å². The van der Waals surface area contributed by atoms with Crippen LogP contribution in [-0.2, 0) is 4.79 Å². The van der Waals surface area contributed by atoms with Crippen LogP contribution < -0.4 is 16.0 Å². The highest BCUT2D eigenvalue weighted by Crippen LogP contribution is 2.21. The van der Waals surface area contributed by atoms with E-state index >= 15 is 0 Å². The van der Waals surface area contributed by atoms with E-state index in [-0.39, 0.29) is 29.6 Å². The molecule has 0 saturated carbocycles. The lowest BCUT2D eigenvalue weighted by Crippen LogP contribution is -2.34. The van der Waals surface area contributed by atoms with Crippen molar-refractivity contribution in [3.05, 3.63) is 24.3 Å². The van der Waals surface area contributed by atoms with Crippen LogP contribution in [0.5, 0.6) is 0 Å². The van der Waals surface area contributed by atoms with Crippen LogP contribution >= 0.6 is 11.8 Å². The molecule has 0 bridgehead atoms. The summed E-state index contributed by atoms with van der Waals surface area (Å²) in [6, 6.07) is 6.69. The minimum Gasteiger partial charge on any atom is -0.336 e. The van der Waals surface area contributed by atoms with Gasteiger partial charge in [0.05, 0.1) is 11.4 Å². The molecule has 0 spiro atoms. The number of amides is 4. The van der Waals surface area contributed by atoms with Gasteiger partial charge in [0.2, 0.25) is 5.91 Å². The fraction of sp³-hybridized carbons (Fsp3) is 0.438. The Bertz CT molecular complexity index is 621. The standard InChI is InChI=1S/C16H22N4O3S/c1-11(2)17-15(22)19-13-6-4-3-5-12(13)18-14(21)7-8-20-9-10-24-16(20)23/h3-6,11H,7-10H2,1-2H3,(H,18,21)(H2,17,19,22). The maximum absolute atomic E-state index is 12.1. The highest BCUT2D eigenvalue weighted by Gasteiger charge is 2.21. The predicted octanol–water partition coefficient (Wildman–Crippen LogP) is 2.71. The fourth-order valence-electron chi connectivity index (χ4n) is 2.20. The van der Waals surface area contributed by atoms with Crippen molar-refractivity contribution in [3.8, 4) is 0 Å². The molecule has 0 aliphatic carbocycles. The zero-order valence-electron chi connectivity index (χ0n) is 13.8. The molecule has 0 atom stereocenters. The molecule has 3 N–H and O–H groups in total. The molecule has 130 valence electrons. The molecule has 0 radical (unpaired) electrons. The topological polar surface area (TPSA) is 90.5 Å². The number of nitrogens with zero attached hydrogens (tertiary/aromatic N) is 1. The average Bonchev–Trinajstić information content (AvgIpc) is 2.91. The SMILES string of the molecule is CC(C)NC(=O)Nc1ccccc1NC(=O)CCN1CCSC1=O. The molecule has 1 aromatic carbocycles. The van der Waals surface area contributed by atoms with Crippen molar-refractivity contribution in [2.45, 2.75) is 26.3 Å². The zero-order chi connectivity index (χ0) is 17.5. The molecule has 1 fully saturated rings. The summed E-state index contributed by atoms with van der Waals surface area (Å²) >= 11 is 1.28. The number of para-hydroxylation sites is 2. The summed E-state index contributed by atoms with van der Waals surface area (Å²) in [5, 5.41) is 8.25. The molecular weight excluding hydrogens is 328 g/mol. The van der Waals surface area contributed by atoms with Crippen LogP contribution in [0.4, 0.5) is 21.0 Å². The van der Waals surface area contributed by atoms with Crippen LogP contribution in [0.3, 0.4) is 0 Å². The molecule has 1 aliphatic heterocycles. The Hall–Kier alpha value is -2.22. The lowest BCUT2D eigenvalue weighted by Gasteiger charge is -2.16. The Morgan fingerprint density at radius 1 is 1.21 bits per heavy atom. The first-order chi connectivity index (χ1) is 11.5. The summed E-state index contributed by atoms with van der Waals surface area (Å²) in [5.74, 6) is 0.580. The summed E-state index contributed by atoms with van der Waals surface area (Å²) in [7, 11) is 0. The van der Waals surface area contributed by atoms with Crippen LogP contribution in [0.1, 0.15) is 20.3 Å². The second-order valence-electron chi connectivity index (χ2n) is 5.70. The quantitative estimate of drug-likeness (QED) is 0.736. The Morgan fingerprint density at radius 2 is 1.88 bits per heavy atom. The first-order valence-electron chi connectivity index (χ1n) is 7.84. The van der Waals surface area contributed by atoms with E-state index in [1.165, 1.54) is 11.8 Å². The van der Waals surface area contributed by atoms with Crippen molar-refractivity contribution in [2.75, 3.05) is 29.5 Å². The first-order valence-corrected chi connectivity index (χ1v) is 8.82. The largest absolute Gasteiger partial charge is 0.336 e. The van der Waals surface area contributed by atoms with Crippen molar-refractivity contribution in [2.24, 2.45) is 0 Å². The number of carbonyl (C=O) groups excluding carboxylic acids is 3. The normalized spacial score (nSPS) is 14.0. The molecule has 1 heterocycles.